The largest absolute Gasteiger partial charge is 0.289 e. The van der Waals surface area contributed by atoms with E-state index in [1.165, 1.54) is 11.1 Å². The number of pyridine rings is 1. The minimum Gasteiger partial charge on any atom is -0.289 e. The highest BCUT2D eigenvalue weighted by atomic mass is 16.1. The average molecular weight is 316 g/mol. The van der Waals surface area contributed by atoms with Crippen molar-refractivity contribution in [3.8, 4) is 0 Å². The fourth-order valence-electron chi connectivity index (χ4n) is 3.19. The van der Waals surface area contributed by atoms with Gasteiger partial charge in [0.1, 0.15) is 0 Å². The molecular weight excluding hydrogens is 294 g/mol. The summed E-state index contributed by atoms with van der Waals surface area (Å²) in [6.45, 7) is 6.87. The van der Waals surface area contributed by atoms with Gasteiger partial charge in [0.2, 0.25) is 0 Å². The fourth-order valence-corrected chi connectivity index (χ4v) is 3.19. The van der Waals surface area contributed by atoms with Crippen LogP contribution < -0.4 is 4.57 Å². The van der Waals surface area contributed by atoms with E-state index in [9.17, 15) is 4.79 Å². The van der Waals surface area contributed by atoms with Crippen molar-refractivity contribution in [2.75, 3.05) is 0 Å². The molecule has 120 valence electrons. The predicted molar refractivity (Wildman–Crippen MR) is 96.3 cm³/mol. The highest BCUT2D eigenvalue weighted by Crippen LogP contribution is 2.19. The molecule has 2 aromatic carbocycles. The van der Waals surface area contributed by atoms with Crippen LogP contribution in [0.1, 0.15) is 38.2 Å². The smallest absolute Gasteiger partial charge is 0.194 e. The third-order valence-electron chi connectivity index (χ3n) is 4.27. The summed E-state index contributed by atoms with van der Waals surface area (Å²) in [7, 11) is 0. The van der Waals surface area contributed by atoms with Crippen molar-refractivity contribution in [2.45, 2.75) is 27.3 Å². The molecule has 0 saturated carbocycles. The summed E-state index contributed by atoms with van der Waals surface area (Å²) in [6, 6.07) is 18.2. The van der Waals surface area contributed by atoms with Crippen molar-refractivity contribution in [2.24, 2.45) is 0 Å². The maximum absolute atomic E-state index is 12.9. The average Bonchev–Trinajstić information content (AvgIpc) is 2.55. The number of aromatic nitrogens is 1. The first-order valence-corrected chi connectivity index (χ1v) is 8.20. The summed E-state index contributed by atoms with van der Waals surface area (Å²) < 4.78 is 2.08. The number of nitrogens with zero attached hydrogens (tertiary/aromatic N) is 1. The minimum absolute atomic E-state index is 0.0943. The monoisotopic (exact) mass is 316 g/mol. The van der Waals surface area contributed by atoms with Crippen LogP contribution in [0, 0.1) is 20.8 Å². The molecule has 0 aliphatic carbocycles. The number of benzene rings is 2. The van der Waals surface area contributed by atoms with Crippen LogP contribution >= 0.6 is 0 Å². The van der Waals surface area contributed by atoms with Crippen molar-refractivity contribution < 1.29 is 9.36 Å². The van der Waals surface area contributed by atoms with E-state index in [2.05, 4.69) is 35.8 Å². The van der Waals surface area contributed by atoms with Crippen molar-refractivity contribution >= 4 is 5.78 Å². The van der Waals surface area contributed by atoms with Crippen LogP contribution in [0.15, 0.2) is 67.0 Å². The second-order valence-electron chi connectivity index (χ2n) is 6.35. The van der Waals surface area contributed by atoms with E-state index < -0.39 is 0 Å². The minimum atomic E-state index is 0.0943. The number of hydrogen-bond donors (Lipinski definition) is 0. The molecule has 2 nitrogen and oxygen atoms in total. The summed E-state index contributed by atoms with van der Waals surface area (Å²) in [4.78, 5) is 12.9. The summed E-state index contributed by atoms with van der Waals surface area (Å²) in [5.74, 6) is 0.0943. The molecule has 0 atom stereocenters. The van der Waals surface area contributed by atoms with Gasteiger partial charge in [-0.2, -0.15) is 0 Å². The van der Waals surface area contributed by atoms with Gasteiger partial charge in [-0.3, -0.25) is 4.79 Å². The van der Waals surface area contributed by atoms with Crippen LogP contribution in [0.3, 0.4) is 0 Å². The van der Waals surface area contributed by atoms with Crippen LogP contribution in [-0.4, -0.2) is 5.78 Å². The second kappa shape index (κ2) is 6.79. The Morgan fingerprint density at radius 3 is 2.04 bits per heavy atom. The van der Waals surface area contributed by atoms with Crippen LogP contribution in [0.5, 0.6) is 0 Å². The van der Waals surface area contributed by atoms with Crippen LogP contribution in [0.2, 0.25) is 0 Å². The van der Waals surface area contributed by atoms with Gasteiger partial charge in [-0.05, 0) is 31.9 Å². The molecule has 3 rings (SSSR count). The zero-order chi connectivity index (χ0) is 17.1. The van der Waals surface area contributed by atoms with E-state index >= 15 is 0 Å². The first-order valence-electron chi connectivity index (χ1n) is 8.20. The van der Waals surface area contributed by atoms with Gasteiger partial charge in [0, 0.05) is 28.8 Å². The van der Waals surface area contributed by atoms with E-state index in [0.29, 0.717) is 0 Å². The van der Waals surface area contributed by atoms with E-state index in [4.69, 9.17) is 0 Å². The SMILES string of the molecule is Cc1cc(C)c(C(=O)c2cc[n+](Cc3ccccc3)cc2)c(C)c1. The Morgan fingerprint density at radius 1 is 0.875 bits per heavy atom. The van der Waals surface area contributed by atoms with Crippen LogP contribution in [-0.2, 0) is 6.54 Å². The normalized spacial score (nSPS) is 10.6. The van der Waals surface area contributed by atoms with E-state index in [-0.39, 0.29) is 5.78 Å². The molecule has 3 aromatic rings. The van der Waals surface area contributed by atoms with Crippen molar-refractivity contribution in [3.63, 3.8) is 0 Å². The van der Waals surface area contributed by atoms with Crippen LogP contribution in [0.25, 0.3) is 0 Å². The maximum Gasteiger partial charge on any atom is 0.194 e. The van der Waals surface area contributed by atoms with Gasteiger partial charge in [0.15, 0.2) is 24.7 Å². The van der Waals surface area contributed by atoms with E-state index in [0.717, 1.165) is 28.8 Å². The topological polar surface area (TPSA) is 20.9 Å². The lowest BCUT2D eigenvalue weighted by Gasteiger charge is -2.10. The van der Waals surface area contributed by atoms with Crippen molar-refractivity contribution in [1.82, 2.24) is 0 Å². The van der Waals surface area contributed by atoms with Gasteiger partial charge in [0.25, 0.3) is 0 Å². The number of ketones is 1. The summed E-state index contributed by atoms with van der Waals surface area (Å²) >= 11 is 0. The lowest BCUT2D eigenvalue weighted by Crippen LogP contribution is -2.33. The molecule has 0 aliphatic rings. The number of aryl methyl sites for hydroxylation is 3. The first-order chi connectivity index (χ1) is 11.5. The van der Waals surface area contributed by atoms with Gasteiger partial charge < -0.3 is 0 Å². The zero-order valence-corrected chi connectivity index (χ0v) is 14.4. The zero-order valence-electron chi connectivity index (χ0n) is 14.4. The Balaban J connectivity index is 1.84. The Kier molecular flexibility index (Phi) is 4.57. The van der Waals surface area contributed by atoms with Crippen molar-refractivity contribution in [3.05, 3.63) is 100 Å². The molecule has 0 amide bonds. The molecule has 0 radical (unpaired) electrons. The Morgan fingerprint density at radius 2 is 1.46 bits per heavy atom. The summed E-state index contributed by atoms with van der Waals surface area (Å²) in [5.41, 5.74) is 6.06. The quantitative estimate of drug-likeness (QED) is 0.522. The highest BCUT2D eigenvalue weighted by molar-refractivity contribution is 6.10. The maximum atomic E-state index is 12.9. The molecular formula is C22H22NO+. The molecule has 0 bridgehead atoms. The van der Waals surface area contributed by atoms with Gasteiger partial charge >= 0.3 is 0 Å². The van der Waals surface area contributed by atoms with Gasteiger partial charge in [-0.15, -0.1) is 0 Å². The first kappa shape index (κ1) is 16.1. The third-order valence-corrected chi connectivity index (χ3v) is 4.27. The Hall–Kier alpha value is -2.74. The number of carbonyl (C=O) groups excluding carboxylic acids is 1. The molecule has 0 saturated heterocycles. The molecule has 0 fully saturated rings. The van der Waals surface area contributed by atoms with Gasteiger partial charge in [0.05, 0.1) is 0 Å². The van der Waals surface area contributed by atoms with Gasteiger partial charge in [-0.1, -0.05) is 48.0 Å². The third kappa shape index (κ3) is 3.43. The second-order valence-corrected chi connectivity index (χ2v) is 6.35. The molecule has 1 heterocycles. The fraction of sp³-hybridized carbons (Fsp3) is 0.182. The molecule has 0 N–H and O–H groups in total. The van der Waals surface area contributed by atoms with Crippen molar-refractivity contribution in [1.29, 1.82) is 0 Å². The number of carbonyl (C=O) groups is 1. The number of rotatable bonds is 4. The highest BCUT2D eigenvalue weighted by Gasteiger charge is 2.16. The number of hydrogen-bond acceptors (Lipinski definition) is 1. The molecule has 24 heavy (non-hydrogen) atoms. The molecule has 1 aromatic heterocycles. The molecule has 0 aliphatic heterocycles. The van der Waals surface area contributed by atoms with E-state index in [1.54, 1.807) is 0 Å². The van der Waals surface area contributed by atoms with E-state index in [1.807, 2.05) is 56.6 Å². The predicted octanol–water partition coefficient (Wildman–Crippen LogP) is 4.18. The van der Waals surface area contributed by atoms with Crippen LogP contribution in [0.4, 0.5) is 0 Å². The summed E-state index contributed by atoms with van der Waals surface area (Å²) in [6.07, 6.45) is 3.94. The molecule has 0 unspecified atom stereocenters. The lowest BCUT2D eigenvalue weighted by atomic mass is 9.93. The molecule has 0 spiro atoms. The van der Waals surface area contributed by atoms with Gasteiger partial charge in [-0.25, -0.2) is 4.57 Å². The Labute approximate surface area is 143 Å². The molecule has 2 heteroatoms. The summed E-state index contributed by atoms with van der Waals surface area (Å²) in [5, 5.41) is 0. The standard InChI is InChI=1S/C22H22NO/c1-16-13-17(2)21(18(3)14-16)22(24)20-9-11-23(12-10-20)15-19-7-5-4-6-8-19/h4-14H,15H2,1-3H3/q+1. The lowest BCUT2D eigenvalue weighted by molar-refractivity contribution is -0.688. The Bertz CT molecular complexity index is 841.